The van der Waals surface area contributed by atoms with Crippen molar-refractivity contribution in [3.8, 4) is 0 Å². The molecule has 2 aromatic heterocycles. The quantitative estimate of drug-likeness (QED) is 0.685. The van der Waals surface area contributed by atoms with Crippen LogP contribution < -0.4 is 11.1 Å². The second-order valence-corrected chi connectivity index (χ2v) is 4.86. The molecule has 22 heavy (non-hydrogen) atoms. The molecule has 0 bridgehead atoms. The molecule has 0 saturated heterocycles. The molecule has 1 aromatic carbocycles. The minimum absolute atomic E-state index is 0.0176. The van der Waals surface area contributed by atoms with Crippen molar-refractivity contribution >= 4 is 40.0 Å². The number of carbonyl (C=O) groups excluding carboxylic acids is 2. The molecule has 0 atom stereocenters. The third-order valence-corrected chi connectivity index (χ3v) is 3.45. The zero-order valence-corrected chi connectivity index (χ0v) is 11.9. The predicted octanol–water partition coefficient (Wildman–Crippen LogP) is 1.96. The van der Waals surface area contributed by atoms with Gasteiger partial charge in [-0.05, 0) is 24.3 Å². The molecule has 0 spiro atoms. The largest absolute Gasteiger partial charge is 0.364 e. The fourth-order valence-electron chi connectivity index (χ4n) is 1.96. The Labute approximate surface area is 129 Å². The number of nitrogens with zero attached hydrogens (tertiary/aromatic N) is 2. The smallest absolute Gasteiger partial charge is 0.274 e. The van der Waals surface area contributed by atoms with Crippen molar-refractivity contribution in [3.05, 3.63) is 52.9 Å². The Kier molecular flexibility index (Phi) is 3.48. The number of hydrogen-bond acceptors (Lipinski definition) is 4. The Morgan fingerprint density at radius 3 is 2.73 bits per heavy atom. The lowest BCUT2D eigenvalue weighted by atomic mass is 10.2. The second-order valence-electron chi connectivity index (χ2n) is 4.48. The van der Waals surface area contributed by atoms with Crippen LogP contribution in [0.4, 0.5) is 5.69 Å². The van der Waals surface area contributed by atoms with Crippen LogP contribution in [0.5, 0.6) is 0 Å². The Bertz CT molecular complexity index is 890. The average Bonchev–Trinajstić information content (AvgIpc) is 2.99. The number of hydrogen-bond donors (Lipinski definition) is 3. The molecule has 0 aliphatic rings. The number of benzene rings is 1. The number of carbonyl (C=O) groups is 2. The highest BCUT2D eigenvalue weighted by Crippen LogP contribution is 2.30. The molecule has 0 saturated carbocycles. The first-order valence-electron chi connectivity index (χ1n) is 6.26. The SMILES string of the molecule is NC(=O)c1cccc(C(=O)Nc2ccc3[nH]ncc3c2Cl)n1. The monoisotopic (exact) mass is 315 g/mol. The van der Waals surface area contributed by atoms with E-state index in [-0.39, 0.29) is 11.4 Å². The highest BCUT2D eigenvalue weighted by Gasteiger charge is 2.14. The first-order chi connectivity index (χ1) is 10.6. The molecule has 3 aromatic rings. The molecule has 2 amide bonds. The van der Waals surface area contributed by atoms with Crippen LogP contribution in [0.3, 0.4) is 0 Å². The van der Waals surface area contributed by atoms with Crippen LogP contribution >= 0.6 is 11.6 Å². The van der Waals surface area contributed by atoms with Gasteiger partial charge in [-0.2, -0.15) is 5.10 Å². The van der Waals surface area contributed by atoms with Crippen molar-refractivity contribution in [3.63, 3.8) is 0 Å². The summed E-state index contributed by atoms with van der Waals surface area (Å²) in [6.45, 7) is 0. The highest BCUT2D eigenvalue weighted by molar-refractivity contribution is 6.38. The molecule has 0 radical (unpaired) electrons. The fraction of sp³-hybridized carbons (Fsp3) is 0. The van der Waals surface area contributed by atoms with Crippen LogP contribution in [-0.2, 0) is 0 Å². The summed E-state index contributed by atoms with van der Waals surface area (Å²) in [6, 6.07) is 7.84. The maximum Gasteiger partial charge on any atom is 0.274 e. The van der Waals surface area contributed by atoms with Crippen molar-refractivity contribution in [2.45, 2.75) is 0 Å². The molecule has 0 aliphatic heterocycles. The van der Waals surface area contributed by atoms with Gasteiger partial charge in [0, 0.05) is 5.39 Å². The maximum atomic E-state index is 12.2. The van der Waals surface area contributed by atoms with Crippen LogP contribution in [-0.4, -0.2) is 27.0 Å². The lowest BCUT2D eigenvalue weighted by molar-refractivity contribution is 0.0995. The molecule has 3 rings (SSSR count). The molecule has 8 heteroatoms. The Morgan fingerprint density at radius 1 is 1.18 bits per heavy atom. The molecular formula is C14H10ClN5O2. The number of pyridine rings is 1. The molecule has 4 N–H and O–H groups in total. The number of anilines is 1. The topological polar surface area (TPSA) is 114 Å². The van der Waals surface area contributed by atoms with Crippen LogP contribution in [0.25, 0.3) is 10.9 Å². The average molecular weight is 316 g/mol. The van der Waals surface area contributed by atoms with Crippen molar-refractivity contribution < 1.29 is 9.59 Å². The van der Waals surface area contributed by atoms with Gasteiger partial charge in [-0.1, -0.05) is 17.7 Å². The second kappa shape index (κ2) is 5.45. The number of halogens is 1. The summed E-state index contributed by atoms with van der Waals surface area (Å²) in [6.07, 6.45) is 1.57. The third kappa shape index (κ3) is 2.49. The minimum atomic E-state index is -0.701. The van der Waals surface area contributed by atoms with E-state index in [1.54, 1.807) is 18.3 Å². The van der Waals surface area contributed by atoms with Crippen molar-refractivity contribution in [1.29, 1.82) is 0 Å². The van der Waals surface area contributed by atoms with Gasteiger partial charge in [-0.25, -0.2) is 4.98 Å². The van der Waals surface area contributed by atoms with Gasteiger partial charge in [0.05, 0.1) is 22.4 Å². The van der Waals surface area contributed by atoms with Crippen molar-refractivity contribution in [1.82, 2.24) is 15.2 Å². The number of amides is 2. The van der Waals surface area contributed by atoms with Crippen LogP contribution in [0.1, 0.15) is 21.0 Å². The van der Waals surface area contributed by atoms with Gasteiger partial charge in [0.2, 0.25) is 0 Å². The number of fused-ring (bicyclic) bond motifs is 1. The van der Waals surface area contributed by atoms with E-state index in [1.807, 2.05) is 0 Å². The number of nitrogens with one attached hydrogen (secondary N) is 2. The van der Waals surface area contributed by atoms with Gasteiger partial charge in [0.15, 0.2) is 0 Å². The third-order valence-electron chi connectivity index (χ3n) is 3.04. The summed E-state index contributed by atoms with van der Waals surface area (Å²) in [4.78, 5) is 27.2. The Morgan fingerprint density at radius 2 is 1.95 bits per heavy atom. The number of aromatic nitrogens is 3. The summed E-state index contributed by atoms with van der Waals surface area (Å²) in [5.41, 5.74) is 6.42. The van der Waals surface area contributed by atoms with Gasteiger partial charge >= 0.3 is 0 Å². The van der Waals surface area contributed by atoms with Crippen LogP contribution in [0.2, 0.25) is 5.02 Å². The van der Waals surface area contributed by atoms with Gasteiger partial charge in [-0.3, -0.25) is 14.7 Å². The Balaban J connectivity index is 1.91. The first-order valence-corrected chi connectivity index (χ1v) is 6.64. The summed E-state index contributed by atoms with van der Waals surface area (Å²) in [5.74, 6) is -1.19. The molecule has 0 aliphatic carbocycles. The highest BCUT2D eigenvalue weighted by atomic mass is 35.5. The van der Waals surface area contributed by atoms with Crippen LogP contribution in [0.15, 0.2) is 36.5 Å². The van der Waals surface area contributed by atoms with Gasteiger partial charge in [-0.15, -0.1) is 0 Å². The lowest BCUT2D eigenvalue weighted by Crippen LogP contribution is -2.18. The number of primary amides is 1. The van der Waals surface area contributed by atoms with Gasteiger partial charge in [0.1, 0.15) is 11.4 Å². The molecule has 0 unspecified atom stereocenters. The van der Waals surface area contributed by atoms with Gasteiger partial charge in [0.25, 0.3) is 11.8 Å². The number of H-pyrrole nitrogens is 1. The van der Waals surface area contributed by atoms with Crippen LogP contribution in [0, 0.1) is 0 Å². The van der Waals surface area contributed by atoms with Gasteiger partial charge < -0.3 is 11.1 Å². The van der Waals surface area contributed by atoms with E-state index in [4.69, 9.17) is 17.3 Å². The summed E-state index contributed by atoms with van der Waals surface area (Å²) in [5, 5.41) is 10.4. The number of rotatable bonds is 3. The van der Waals surface area contributed by atoms with E-state index in [2.05, 4.69) is 20.5 Å². The molecule has 2 heterocycles. The summed E-state index contributed by atoms with van der Waals surface area (Å²) < 4.78 is 0. The van der Waals surface area contributed by atoms with Crippen molar-refractivity contribution in [2.75, 3.05) is 5.32 Å². The van der Waals surface area contributed by atoms with E-state index in [0.29, 0.717) is 16.1 Å². The summed E-state index contributed by atoms with van der Waals surface area (Å²) in [7, 11) is 0. The normalized spacial score (nSPS) is 10.6. The molecule has 110 valence electrons. The fourth-order valence-corrected chi connectivity index (χ4v) is 2.23. The maximum absolute atomic E-state index is 12.2. The standard InChI is InChI=1S/C14H10ClN5O2/c15-12-7-6-17-20-8(7)4-5-9(12)19-14(22)11-3-1-2-10(18-11)13(16)21/h1-6H,(H2,16,21)(H,17,20)(H,19,22). The number of aromatic amines is 1. The molecule has 7 nitrogen and oxygen atoms in total. The minimum Gasteiger partial charge on any atom is -0.364 e. The zero-order valence-electron chi connectivity index (χ0n) is 11.1. The zero-order chi connectivity index (χ0) is 15.7. The van der Waals surface area contributed by atoms with E-state index in [1.165, 1.54) is 18.2 Å². The lowest BCUT2D eigenvalue weighted by Gasteiger charge is -2.07. The number of nitrogens with two attached hydrogens (primary N) is 1. The van der Waals surface area contributed by atoms with Crippen molar-refractivity contribution in [2.24, 2.45) is 5.73 Å². The molecule has 0 fully saturated rings. The van der Waals surface area contributed by atoms with E-state index in [9.17, 15) is 9.59 Å². The van der Waals surface area contributed by atoms with E-state index in [0.717, 1.165) is 5.52 Å². The first kappa shape index (κ1) is 14.0. The van der Waals surface area contributed by atoms with E-state index < -0.39 is 11.8 Å². The molecular weight excluding hydrogens is 306 g/mol. The summed E-state index contributed by atoms with van der Waals surface area (Å²) >= 11 is 6.23. The Hall–Kier alpha value is -2.93. The van der Waals surface area contributed by atoms with E-state index >= 15 is 0 Å². The predicted molar refractivity (Wildman–Crippen MR) is 81.8 cm³/mol.